The van der Waals surface area contributed by atoms with Gasteiger partial charge >= 0.3 is 5.97 Å². The summed E-state index contributed by atoms with van der Waals surface area (Å²) in [5.41, 5.74) is 6.82. The van der Waals surface area contributed by atoms with Crippen LogP contribution in [-0.2, 0) is 4.79 Å². The van der Waals surface area contributed by atoms with E-state index in [1.54, 1.807) is 4.57 Å². The van der Waals surface area contributed by atoms with Crippen molar-refractivity contribution in [3.63, 3.8) is 0 Å². The summed E-state index contributed by atoms with van der Waals surface area (Å²) in [6, 6.07) is 3.66. The number of benzene rings is 1. The van der Waals surface area contributed by atoms with E-state index in [4.69, 9.17) is 15.2 Å². The summed E-state index contributed by atoms with van der Waals surface area (Å²) in [6.07, 6.45) is 3.37. The Kier molecular flexibility index (Phi) is 5.36. The molecule has 12 heteroatoms. The van der Waals surface area contributed by atoms with Gasteiger partial charge in [-0.1, -0.05) is 18.2 Å². The zero-order valence-electron chi connectivity index (χ0n) is 16.3. The fraction of sp³-hybridized carbons (Fsp3) is 0.368. The molecule has 0 spiro atoms. The second kappa shape index (κ2) is 8.17. The van der Waals surface area contributed by atoms with E-state index in [0.717, 1.165) is 28.6 Å². The minimum Gasteiger partial charge on any atom is -0.479 e. The third-order valence-electron chi connectivity index (χ3n) is 5.30. The van der Waals surface area contributed by atoms with Gasteiger partial charge in [0.1, 0.15) is 6.33 Å². The molecule has 1 fully saturated rings. The van der Waals surface area contributed by atoms with Crippen LogP contribution in [0, 0.1) is 0 Å². The van der Waals surface area contributed by atoms with E-state index in [2.05, 4.69) is 30.9 Å². The van der Waals surface area contributed by atoms with Gasteiger partial charge in [-0.15, -0.1) is 0 Å². The van der Waals surface area contributed by atoms with E-state index in [0.29, 0.717) is 40.9 Å². The van der Waals surface area contributed by atoms with E-state index in [1.807, 2.05) is 17.0 Å². The van der Waals surface area contributed by atoms with Crippen LogP contribution in [0.15, 0.2) is 33.0 Å². The molecule has 1 saturated heterocycles. The zero-order valence-corrected chi connectivity index (χ0v) is 18.7. The smallest absolute Gasteiger partial charge is 0.342 e. The Labute approximate surface area is 189 Å². The van der Waals surface area contributed by atoms with E-state index in [9.17, 15) is 9.90 Å². The lowest BCUT2D eigenvalue weighted by atomic mass is 10.1. The summed E-state index contributed by atoms with van der Waals surface area (Å²) in [5, 5.41) is 10.6. The van der Waals surface area contributed by atoms with Gasteiger partial charge in [-0.3, -0.25) is 9.47 Å². The van der Waals surface area contributed by atoms with Crippen LogP contribution in [0.5, 0.6) is 11.5 Å². The number of carboxylic acid groups (broad SMARTS) is 1. The number of hydrogen-bond acceptors (Lipinski definition) is 9. The molecule has 0 saturated carbocycles. The van der Waals surface area contributed by atoms with Crippen molar-refractivity contribution >= 4 is 50.6 Å². The topological polar surface area (TPSA) is 129 Å². The van der Waals surface area contributed by atoms with Crippen molar-refractivity contribution in [3.8, 4) is 11.5 Å². The number of aliphatic carboxylic acids is 1. The first-order valence-electron chi connectivity index (χ1n) is 9.75. The lowest BCUT2D eigenvalue weighted by molar-refractivity contribution is -0.148. The highest BCUT2D eigenvalue weighted by molar-refractivity contribution is 9.10. The zero-order chi connectivity index (χ0) is 21.5. The molecule has 0 aliphatic carbocycles. The van der Waals surface area contributed by atoms with Crippen LogP contribution in [0.25, 0.3) is 11.2 Å². The third kappa shape index (κ3) is 3.68. The lowest BCUT2D eigenvalue weighted by Gasteiger charge is -2.33. The number of carbonyl (C=O) groups is 1. The van der Waals surface area contributed by atoms with E-state index in [-0.39, 0.29) is 12.6 Å². The molecular formula is C19H19BrN6O4S. The number of carboxylic acids is 1. The highest BCUT2D eigenvalue weighted by Crippen LogP contribution is 2.44. The van der Waals surface area contributed by atoms with Crippen LogP contribution in [0.1, 0.15) is 25.4 Å². The Morgan fingerprint density at radius 3 is 2.68 bits per heavy atom. The monoisotopic (exact) mass is 506 g/mol. The first-order valence-corrected chi connectivity index (χ1v) is 11.4. The summed E-state index contributed by atoms with van der Waals surface area (Å²) in [6.45, 7) is 1.54. The molecule has 162 valence electrons. The van der Waals surface area contributed by atoms with Crippen molar-refractivity contribution in [2.45, 2.75) is 35.5 Å². The minimum absolute atomic E-state index is 0.163. The van der Waals surface area contributed by atoms with Crippen molar-refractivity contribution in [2.75, 3.05) is 25.6 Å². The number of halogens is 1. The van der Waals surface area contributed by atoms with Crippen molar-refractivity contribution in [1.29, 1.82) is 0 Å². The summed E-state index contributed by atoms with van der Waals surface area (Å²) in [4.78, 5) is 28.2. The quantitative estimate of drug-likeness (QED) is 0.532. The highest BCUT2D eigenvalue weighted by Gasteiger charge is 2.33. The molecule has 1 atom stereocenters. The van der Waals surface area contributed by atoms with Crippen molar-refractivity contribution in [2.24, 2.45) is 0 Å². The standard InChI is InChI=1S/C19H19BrN6O4S/c20-10-6-11-12(30-9-29-11)7-13(10)31-19-24-14-15(21)22-8-23-16(14)26(19)17(18(27)28)25-4-2-1-3-5-25/h6-8,17H,1-5,9H2,(H,27,28)(H2,21,22,23). The normalized spacial score (nSPS) is 17.2. The minimum atomic E-state index is -0.968. The van der Waals surface area contributed by atoms with Crippen molar-refractivity contribution in [1.82, 2.24) is 24.4 Å². The number of fused-ring (bicyclic) bond motifs is 2. The van der Waals surface area contributed by atoms with Gasteiger partial charge in [-0.2, -0.15) is 0 Å². The van der Waals surface area contributed by atoms with Gasteiger partial charge in [0.25, 0.3) is 0 Å². The van der Waals surface area contributed by atoms with Gasteiger partial charge in [0, 0.05) is 22.5 Å². The maximum Gasteiger partial charge on any atom is 0.342 e. The van der Waals surface area contributed by atoms with Gasteiger partial charge in [0.15, 0.2) is 39.8 Å². The number of nitrogens with two attached hydrogens (primary N) is 1. The average Bonchev–Trinajstić information content (AvgIpc) is 3.35. The summed E-state index contributed by atoms with van der Waals surface area (Å²) in [7, 11) is 0. The first kappa shape index (κ1) is 20.3. The second-order valence-corrected chi connectivity index (χ2v) is 9.11. The highest BCUT2D eigenvalue weighted by atomic mass is 79.9. The molecule has 0 radical (unpaired) electrons. The number of nitrogen functional groups attached to an aromatic ring is 1. The van der Waals surface area contributed by atoms with Crippen LogP contribution in [0.2, 0.25) is 0 Å². The molecular weight excluding hydrogens is 488 g/mol. The Morgan fingerprint density at radius 2 is 1.94 bits per heavy atom. The molecule has 10 nitrogen and oxygen atoms in total. The molecule has 4 heterocycles. The number of piperidine rings is 1. The summed E-state index contributed by atoms with van der Waals surface area (Å²) >= 11 is 4.87. The van der Waals surface area contributed by atoms with Gasteiger partial charge in [-0.05, 0) is 40.9 Å². The van der Waals surface area contributed by atoms with Crippen LogP contribution in [0.3, 0.4) is 0 Å². The number of rotatable bonds is 5. The maximum atomic E-state index is 12.4. The molecule has 2 aromatic heterocycles. The number of likely N-dealkylation sites (tertiary alicyclic amines) is 1. The Morgan fingerprint density at radius 1 is 1.19 bits per heavy atom. The molecule has 5 rings (SSSR count). The largest absolute Gasteiger partial charge is 0.479 e. The second-order valence-electron chi connectivity index (χ2n) is 7.24. The molecule has 2 aliphatic heterocycles. The number of hydrogen-bond donors (Lipinski definition) is 2. The molecule has 31 heavy (non-hydrogen) atoms. The predicted molar refractivity (Wildman–Crippen MR) is 116 cm³/mol. The van der Waals surface area contributed by atoms with Crippen LogP contribution < -0.4 is 15.2 Å². The Balaban J connectivity index is 1.64. The lowest BCUT2D eigenvalue weighted by Crippen LogP contribution is -2.41. The fourth-order valence-corrected chi connectivity index (χ4v) is 5.37. The van der Waals surface area contributed by atoms with Gasteiger partial charge < -0.3 is 20.3 Å². The van der Waals surface area contributed by atoms with Crippen LogP contribution >= 0.6 is 27.7 Å². The number of anilines is 1. The number of nitrogens with zero attached hydrogens (tertiary/aromatic N) is 5. The molecule has 0 amide bonds. The van der Waals surface area contributed by atoms with Crippen molar-refractivity contribution < 1.29 is 19.4 Å². The molecule has 1 unspecified atom stereocenters. The molecule has 3 aromatic rings. The molecule has 0 bridgehead atoms. The number of ether oxygens (including phenoxy) is 2. The van der Waals surface area contributed by atoms with E-state index >= 15 is 0 Å². The number of imidazole rings is 1. The van der Waals surface area contributed by atoms with E-state index in [1.165, 1.54) is 18.1 Å². The van der Waals surface area contributed by atoms with Crippen LogP contribution in [0.4, 0.5) is 5.82 Å². The van der Waals surface area contributed by atoms with Gasteiger partial charge in [0.05, 0.1) is 0 Å². The fourth-order valence-electron chi connectivity index (χ4n) is 3.87. The predicted octanol–water partition coefficient (Wildman–Crippen LogP) is 3.12. The van der Waals surface area contributed by atoms with Crippen molar-refractivity contribution in [3.05, 3.63) is 22.9 Å². The number of aromatic nitrogens is 4. The summed E-state index contributed by atoms with van der Waals surface area (Å²) < 4.78 is 13.3. The summed E-state index contributed by atoms with van der Waals surface area (Å²) in [5.74, 6) is 0.512. The Bertz CT molecular complexity index is 1170. The van der Waals surface area contributed by atoms with Gasteiger partial charge in [-0.25, -0.2) is 19.7 Å². The average molecular weight is 507 g/mol. The third-order valence-corrected chi connectivity index (χ3v) is 7.25. The van der Waals surface area contributed by atoms with Crippen LogP contribution in [-0.4, -0.2) is 55.4 Å². The first-order chi connectivity index (χ1) is 15.0. The molecule has 2 aliphatic rings. The van der Waals surface area contributed by atoms with Gasteiger partial charge in [0.2, 0.25) is 6.79 Å². The SMILES string of the molecule is Nc1ncnc2c1nc(Sc1cc3c(cc1Br)OCO3)n2C(C(=O)O)N1CCCCC1. The maximum absolute atomic E-state index is 12.4. The Hall–Kier alpha value is -2.57. The molecule has 3 N–H and O–H groups in total. The van der Waals surface area contributed by atoms with E-state index < -0.39 is 12.1 Å². The molecule has 1 aromatic carbocycles.